The Hall–Kier alpha value is -1.40. The van der Waals surface area contributed by atoms with Gasteiger partial charge in [0, 0.05) is 13.1 Å². The average molecular weight is 311 g/mol. The molecule has 7 nitrogen and oxygen atoms in total. The van der Waals surface area contributed by atoms with Crippen molar-refractivity contribution in [3.63, 3.8) is 0 Å². The van der Waals surface area contributed by atoms with E-state index >= 15 is 0 Å². The van der Waals surface area contributed by atoms with Crippen molar-refractivity contribution in [1.29, 1.82) is 5.26 Å². The quantitative estimate of drug-likeness (QED) is 0.827. The largest absolute Gasteiger partial charge is 0.468 e. The highest BCUT2D eigenvalue weighted by atomic mass is 32.2. The highest BCUT2D eigenvalue weighted by molar-refractivity contribution is 7.86. The first-order chi connectivity index (χ1) is 10.1. The number of nitrogens with zero attached hydrogens (tertiary/aromatic N) is 3. The molecule has 0 unspecified atom stereocenters. The molecule has 0 amide bonds. The minimum Gasteiger partial charge on any atom is -0.468 e. The van der Waals surface area contributed by atoms with Crippen LogP contribution in [0.5, 0.6) is 0 Å². The van der Waals surface area contributed by atoms with Crippen LogP contribution in [0.25, 0.3) is 0 Å². The molecule has 0 N–H and O–H groups in total. The second-order valence-corrected chi connectivity index (χ2v) is 7.02. The van der Waals surface area contributed by atoms with Gasteiger partial charge in [0.2, 0.25) is 0 Å². The molecule has 21 heavy (non-hydrogen) atoms. The van der Waals surface area contributed by atoms with Crippen molar-refractivity contribution in [3.05, 3.63) is 24.2 Å². The molecule has 0 radical (unpaired) electrons. The van der Waals surface area contributed by atoms with Crippen LogP contribution >= 0.6 is 0 Å². The first-order valence-electron chi connectivity index (χ1n) is 6.94. The lowest BCUT2D eigenvalue weighted by molar-refractivity contribution is 0.0286. The Kier molecular flexibility index (Phi) is 3.99. The maximum atomic E-state index is 12.8. The van der Waals surface area contributed by atoms with Gasteiger partial charge in [-0.15, -0.1) is 0 Å². The van der Waals surface area contributed by atoms with Gasteiger partial charge >= 0.3 is 0 Å². The van der Waals surface area contributed by atoms with Crippen LogP contribution in [0.1, 0.15) is 24.6 Å². The molecule has 2 atom stereocenters. The smallest absolute Gasteiger partial charge is 0.282 e. The molecule has 0 bridgehead atoms. The molecule has 3 rings (SSSR count). The topological polar surface area (TPSA) is 86.8 Å². The minimum absolute atomic E-state index is 0.0835. The summed E-state index contributed by atoms with van der Waals surface area (Å²) in [4.78, 5) is 0. The summed E-state index contributed by atoms with van der Waals surface area (Å²) in [6.45, 7) is 1.08. The molecular formula is C13H17N3O4S. The number of rotatable bonds is 3. The zero-order valence-corrected chi connectivity index (χ0v) is 12.3. The normalized spacial score (nSPS) is 28.5. The van der Waals surface area contributed by atoms with Gasteiger partial charge in [-0.3, -0.25) is 0 Å². The Morgan fingerprint density at radius 3 is 2.95 bits per heavy atom. The van der Waals surface area contributed by atoms with Gasteiger partial charge in [-0.25, -0.2) is 0 Å². The Balaban J connectivity index is 1.82. The van der Waals surface area contributed by atoms with Gasteiger partial charge in [-0.1, -0.05) is 0 Å². The molecule has 3 heterocycles. The van der Waals surface area contributed by atoms with Crippen LogP contribution < -0.4 is 0 Å². The predicted molar refractivity (Wildman–Crippen MR) is 73.2 cm³/mol. The molecule has 2 saturated heterocycles. The fourth-order valence-corrected chi connectivity index (χ4v) is 4.66. The molecule has 1 aromatic rings. The summed E-state index contributed by atoms with van der Waals surface area (Å²) < 4.78 is 39.0. The van der Waals surface area contributed by atoms with Crippen LogP contribution in [0.3, 0.4) is 0 Å². The molecule has 0 aliphatic carbocycles. The Morgan fingerprint density at radius 1 is 1.38 bits per heavy atom. The Bertz CT molecular complexity index is 622. The van der Waals surface area contributed by atoms with Crippen LogP contribution in [0.4, 0.5) is 0 Å². The Labute approximate surface area is 123 Å². The van der Waals surface area contributed by atoms with Crippen molar-refractivity contribution >= 4 is 10.2 Å². The number of furan rings is 1. The number of hydrogen-bond acceptors (Lipinski definition) is 5. The van der Waals surface area contributed by atoms with E-state index in [1.807, 2.05) is 6.07 Å². The van der Waals surface area contributed by atoms with Crippen LogP contribution in [0.15, 0.2) is 22.8 Å². The van der Waals surface area contributed by atoms with Gasteiger partial charge in [0.25, 0.3) is 10.2 Å². The van der Waals surface area contributed by atoms with Crippen LogP contribution in [0, 0.1) is 11.3 Å². The lowest BCUT2D eigenvalue weighted by Crippen LogP contribution is -2.50. The first kappa shape index (κ1) is 14.5. The van der Waals surface area contributed by atoms with E-state index in [9.17, 15) is 8.42 Å². The van der Waals surface area contributed by atoms with Gasteiger partial charge < -0.3 is 9.15 Å². The van der Waals surface area contributed by atoms with Crippen LogP contribution in [-0.2, 0) is 14.9 Å². The van der Waals surface area contributed by atoms with Crippen molar-refractivity contribution < 1.29 is 17.6 Å². The fourth-order valence-electron chi connectivity index (χ4n) is 2.84. The molecule has 8 heteroatoms. The van der Waals surface area contributed by atoms with E-state index in [1.165, 1.54) is 8.61 Å². The predicted octanol–water partition coefficient (Wildman–Crippen LogP) is 0.886. The lowest BCUT2D eigenvalue weighted by atomic mass is 10.2. The van der Waals surface area contributed by atoms with Crippen molar-refractivity contribution in [2.24, 2.45) is 0 Å². The summed E-state index contributed by atoms with van der Waals surface area (Å²) >= 11 is 0. The Morgan fingerprint density at radius 2 is 2.24 bits per heavy atom. The number of nitriles is 1. The highest BCUT2D eigenvalue weighted by Gasteiger charge is 2.41. The van der Waals surface area contributed by atoms with Crippen molar-refractivity contribution in [3.8, 4) is 6.07 Å². The maximum absolute atomic E-state index is 12.8. The minimum atomic E-state index is -3.60. The highest BCUT2D eigenvalue weighted by Crippen LogP contribution is 2.35. The molecule has 1 aromatic heterocycles. The number of ether oxygens (including phenoxy) is 1. The molecule has 2 fully saturated rings. The molecule has 2 aliphatic heterocycles. The summed E-state index contributed by atoms with van der Waals surface area (Å²) in [7, 11) is -3.60. The third kappa shape index (κ3) is 2.70. The van der Waals surface area contributed by atoms with Crippen molar-refractivity contribution in [2.75, 3.05) is 26.2 Å². The van der Waals surface area contributed by atoms with Gasteiger partial charge in [-0.2, -0.15) is 22.3 Å². The molecule has 2 aliphatic rings. The van der Waals surface area contributed by atoms with E-state index in [0.717, 1.165) is 12.8 Å². The van der Waals surface area contributed by atoms with E-state index in [2.05, 4.69) is 0 Å². The van der Waals surface area contributed by atoms with Crippen molar-refractivity contribution in [1.82, 2.24) is 8.61 Å². The monoisotopic (exact) mass is 311 g/mol. The molecule has 0 aromatic carbocycles. The summed E-state index contributed by atoms with van der Waals surface area (Å²) in [5.41, 5.74) is 0. The first-order valence-corrected chi connectivity index (χ1v) is 8.34. The summed E-state index contributed by atoms with van der Waals surface area (Å²) in [6, 6.07) is 5.28. The summed E-state index contributed by atoms with van der Waals surface area (Å²) in [5, 5.41) is 8.92. The van der Waals surface area contributed by atoms with Crippen molar-refractivity contribution in [2.45, 2.75) is 25.0 Å². The standard InChI is InChI=1S/C13H17N3O4S/c14-9-11-10-15(6-8-19-11)21(17,18)16-5-1-3-12(16)13-4-2-7-20-13/h2,4,7,11-12H,1,3,5-6,8,10H2/t11-,12-/m1/s1. The molecule has 0 spiro atoms. The van der Waals surface area contributed by atoms with Gasteiger partial charge in [0.15, 0.2) is 6.10 Å². The lowest BCUT2D eigenvalue weighted by Gasteiger charge is -2.33. The zero-order chi connectivity index (χ0) is 14.9. The molecule has 0 saturated carbocycles. The van der Waals surface area contributed by atoms with Crippen LogP contribution in [-0.4, -0.2) is 49.4 Å². The SMILES string of the molecule is N#C[C@@H]1CN(S(=O)(=O)N2CCC[C@@H]2c2ccco2)CCO1. The number of hydrogen-bond donors (Lipinski definition) is 0. The third-order valence-electron chi connectivity index (χ3n) is 3.87. The van der Waals surface area contributed by atoms with E-state index in [0.29, 0.717) is 12.3 Å². The van der Waals surface area contributed by atoms with E-state index in [1.54, 1.807) is 18.4 Å². The average Bonchev–Trinajstić information content (AvgIpc) is 3.17. The molecule has 114 valence electrons. The summed E-state index contributed by atoms with van der Waals surface area (Å²) in [6.07, 6.45) is 2.41. The van der Waals surface area contributed by atoms with Gasteiger partial charge in [0.05, 0.1) is 31.5 Å². The van der Waals surface area contributed by atoms with Gasteiger partial charge in [0.1, 0.15) is 5.76 Å². The number of morpholine rings is 1. The molecular weight excluding hydrogens is 294 g/mol. The fraction of sp³-hybridized carbons (Fsp3) is 0.615. The van der Waals surface area contributed by atoms with Gasteiger partial charge in [-0.05, 0) is 25.0 Å². The van der Waals surface area contributed by atoms with Crippen LogP contribution in [0.2, 0.25) is 0 Å². The van der Waals surface area contributed by atoms with E-state index < -0.39 is 16.3 Å². The summed E-state index contributed by atoms with van der Waals surface area (Å²) in [5.74, 6) is 0.668. The maximum Gasteiger partial charge on any atom is 0.282 e. The van der Waals surface area contributed by atoms with E-state index in [4.69, 9.17) is 14.4 Å². The second kappa shape index (κ2) is 5.77. The second-order valence-electron chi connectivity index (χ2n) is 5.14. The van der Waals surface area contributed by atoms with E-state index in [-0.39, 0.29) is 25.7 Å². The zero-order valence-electron chi connectivity index (χ0n) is 11.5. The third-order valence-corrected chi connectivity index (χ3v) is 5.89.